The molecule has 0 aliphatic rings. The average Bonchev–Trinajstić information content (AvgIpc) is 2.48. The first-order valence-corrected chi connectivity index (χ1v) is 8.31. The minimum Gasteiger partial charge on any atom is -0.391 e. The Morgan fingerprint density at radius 3 is 2.36 bits per heavy atom. The molecule has 0 aliphatic carbocycles. The molecule has 0 fully saturated rings. The van der Waals surface area contributed by atoms with Crippen molar-refractivity contribution >= 4 is 29.6 Å². The molecule has 0 amide bonds. The van der Waals surface area contributed by atoms with Gasteiger partial charge in [-0.2, -0.15) is 0 Å². The Bertz CT molecular complexity index is 621. The number of benzene rings is 2. The number of oxime groups is 1. The molecule has 0 unspecified atom stereocenters. The highest BCUT2D eigenvalue weighted by atomic mass is 35.5. The Morgan fingerprint density at radius 1 is 1.09 bits per heavy atom. The van der Waals surface area contributed by atoms with E-state index >= 15 is 0 Å². The van der Waals surface area contributed by atoms with Crippen LogP contribution in [0.25, 0.3) is 0 Å². The standard InChI is InChI=1S/C18H20ClNOS/c1-14-4-10-17(11-5-14)22-18(2,3)13-20-21-12-15-6-8-16(19)9-7-15/h4-11,13H,12H2,1-3H3/b20-13-. The van der Waals surface area contributed by atoms with Crippen molar-refractivity contribution in [3.8, 4) is 0 Å². The van der Waals surface area contributed by atoms with Crippen molar-refractivity contribution < 1.29 is 4.84 Å². The van der Waals surface area contributed by atoms with Crippen molar-refractivity contribution in [2.45, 2.75) is 37.0 Å². The molecule has 4 heteroatoms. The molecular weight excluding hydrogens is 314 g/mol. The fraction of sp³-hybridized carbons (Fsp3) is 0.278. The summed E-state index contributed by atoms with van der Waals surface area (Å²) in [7, 11) is 0. The van der Waals surface area contributed by atoms with Gasteiger partial charge in [0, 0.05) is 9.92 Å². The molecule has 0 heterocycles. The van der Waals surface area contributed by atoms with Crippen LogP contribution in [0.3, 0.4) is 0 Å². The second-order valence-electron chi connectivity index (χ2n) is 5.65. The van der Waals surface area contributed by atoms with Crippen molar-refractivity contribution in [1.82, 2.24) is 0 Å². The Kier molecular flexibility index (Phi) is 5.92. The molecule has 0 spiro atoms. The Labute approximate surface area is 141 Å². The molecule has 0 N–H and O–H groups in total. The predicted molar refractivity (Wildman–Crippen MR) is 95.8 cm³/mol. The summed E-state index contributed by atoms with van der Waals surface area (Å²) in [6, 6.07) is 16.1. The lowest BCUT2D eigenvalue weighted by molar-refractivity contribution is 0.131. The van der Waals surface area contributed by atoms with Gasteiger partial charge in [-0.15, -0.1) is 11.8 Å². The second kappa shape index (κ2) is 7.70. The minimum atomic E-state index is -0.130. The van der Waals surface area contributed by atoms with Crippen molar-refractivity contribution in [2.24, 2.45) is 5.16 Å². The van der Waals surface area contributed by atoms with E-state index in [2.05, 4.69) is 50.2 Å². The van der Waals surface area contributed by atoms with Gasteiger partial charge in [0.25, 0.3) is 0 Å². The number of halogens is 1. The van der Waals surface area contributed by atoms with Gasteiger partial charge in [-0.05, 0) is 50.6 Å². The first-order chi connectivity index (χ1) is 10.4. The van der Waals surface area contributed by atoms with Crippen LogP contribution in [0.1, 0.15) is 25.0 Å². The van der Waals surface area contributed by atoms with Crippen LogP contribution in [0, 0.1) is 6.92 Å². The smallest absolute Gasteiger partial charge is 0.142 e. The lowest BCUT2D eigenvalue weighted by Crippen LogP contribution is -2.16. The summed E-state index contributed by atoms with van der Waals surface area (Å²) in [5, 5.41) is 4.82. The molecule has 0 bridgehead atoms. The zero-order valence-electron chi connectivity index (χ0n) is 13.0. The maximum Gasteiger partial charge on any atom is 0.142 e. The molecule has 116 valence electrons. The summed E-state index contributed by atoms with van der Waals surface area (Å²) >= 11 is 7.60. The van der Waals surface area contributed by atoms with Crippen molar-refractivity contribution in [2.75, 3.05) is 0 Å². The maximum absolute atomic E-state index is 5.85. The first-order valence-electron chi connectivity index (χ1n) is 7.11. The van der Waals surface area contributed by atoms with Crippen LogP contribution in [0.4, 0.5) is 0 Å². The van der Waals surface area contributed by atoms with Crippen molar-refractivity contribution in [1.29, 1.82) is 0 Å². The Morgan fingerprint density at radius 2 is 1.73 bits per heavy atom. The highest BCUT2D eigenvalue weighted by Crippen LogP contribution is 2.31. The largest absolute Gasteiger partial charge is 0.391 e. The van der Waals surface area contributed by atoms with E-state index in [0.717, 1.165) is 10.6 Å². The molecule has 2 aromatic carbocycles. The van der Waals surface area contributed by atoms with Crippen LogP contribution >= 0.6 is 23.4 Å². The summed E-state index contributed by atoms with van der Waals surface area (Å²) in [6.45, 7) is 6.77. The van der Waals surface area contributed by atoms with E-state index in [1.165, 1.54) is 10.5 Å². The third kappa shape index (κ3) is 5.74. The lowest BCUT2D eigenvalue weighted by atomic mass is 10.2. The number of aryl methyl sites for hydroxylation is 1. The zero-order valence-corrected chi connectivity index (χ0v) is 14.6. The van der Waals surface area contributed by atoms with Gasteiger partial charge < -0.3 is 4.84 Å². The summed E-state index contributed by atoms with van der Waals surface area (Å²) in [5.41, 5.74) is 2.31. The lowest BCUT2D eigenvalue weighted by Gasteiger charge is -2.18. The van der Waals surface area contributed by atoms with E-state index in [1.54, 1.807) is 11.8 Å². The van der Waals surface area contributed by atoms with E-state index in [1.807, 2.05) is 30.5 Å². The van der Waals surface area contributed by atoms with E-state index in [0.29, 0.717) is 6.61 Å². The third-order valence-corrected chi connectivity index (χ3v) is 4.38. The number of thioether (sulfide) groups is 1. The average molecular weight is 334 g/mol. The van der Waals surface area contributed by atoms with Crippen molar-refractivity contribution in [3.05, 3.63) is 64.7 Å². The molecule has 22 heavy (non-hydrogen) atoms. The van der Waals surface area contributed by atoms with Gasteiger partial charge in [0.15, 0.2) is 0 Å². The summed E-state index contributed by atoms with van der Waals surface area (Å²) < 4.78 is -0.130. The number of hydrogen-bond donors (Lipinski definition) is 0. The van der Waals surface area contributed by atoms with E-state index in [9.17, 15) is 0 Å². The normalized spacial score (nSPS) is 11.8. The highest BCUT2D eigenvalue weighted by Gasteiger charge is 2.17. The van der Waals surface area contributed by atoms with Gasteiger partial charge in [0.05, 0.1) is 11.0 Å². The molecule has 0 saturated carbocycles. The van der Waals surface area contributed by atoms with Gasteiger partial charge in [0.1, 0.15) is 6.61 Å². The van der Waals surface area contributed by atoms with Crippen molar-refractivity contribution in [3.63, 3.8) is 0 Å². The zero-order chi connectivity index (χ0) is 16.0. The third-order valence-electron chi connectivity index (χ3n) is 2.98. The Hall–Kier alpha value is -1.45. The monoisotopic (exact) mass is 333 g/mol. The fourth-order valence-electron chi connectivity index (χ4n) is 1.79. The molecule has 0 radical (unpaired) electrons. The van der Waals surface area contributed by atoms with Gasteiger partial charge >= 0.3 is 0 Å². The molecule has 2 nitrogen and oxygen atoms in total. The van der Waals surface area contributed by atoms with Gasteiger partial charge in [-0.25, -0.2) is 0 Å². The predicted octanol–water partition coefficient (Wildman–Crippen LogP) is 5.72. The quantitative estimate of drug-likeness (QED) is 0.383. The van der Waals surface area contributed by atoms with Crippen LogP contribution < -0.4 is 0 Å². The molecule has 0 saturated heterocycles. The Balaban J connectivity index is 1.85. The highest BCUT2D eigenvalue weighted by molar-refractivity contribution is 8.01. The number of rotatable bonds is 6. The van der Waals surface area contributed by atoms with Crippen LogP contribution in [0.2, 0.25) is 5.02 Å². The molecule has 0 aromatic heterocycles. The first kappa shape index (κ1) is 16.9. The minimum absolute atomic E-state index is 0.130. The molecule has 2 rings (SSSR count). The fourth-order valence-corrected chi connectivity index (χ4v) is 2.89. The number of nitrogens with zero attached hydrogens (tertiary/aromatic N) is 1. The summed E-state index contributed by atoms with van der Waals surface area (Å²) in [5.74, 6) is 0. The SMILES string of the molecule is Cc1ccc(SC(C)(C)/C=N\OCc2ccc(Cl)cc2)cc1. The van der Waals surface area contributed by atoms with Crippen LogP contribution in [0.5, 0.6) is 0 Å². The van der Waals surface area contributed by atoms with E-state index in [4.69, 9.17) is 16.4 Å². The molecule has 2 aromatic rings. The topological polar surface area (TPSA) is 21.6 Å². The summed E-state index contributed by atoms with van der Waals surface area (Å²) in [4.78, 5) is 6.59. The van der Waals surface area contributed by atoms with Gasteiger partial charge in [-0.3, -0.25) is 0 Å². The molecule has 0 atom stereocenters. The van der Waals surface area contributed by atoms with E-state index < -0.39 is 0 Å². The second-order valence-corrected chi connectivity index (χ2v) is 7.82. The van der Waals surface area contributed by atoms with Crippen LogP contribution in [0.15, 0.2) is 58.6 Å². The summed E-state index contributed by atoms with van der Waals surface area (Å²) in [6.07, 6.45) is 1.84. The van der Waals surface area contributed by atoms with Crippen LogP contribution in [-0.2, 0) is 11.4 Å². The van der Waals surface area contributed by atoms with Gasteiger partial charge in [0.2, 0.25) is 0 Å². The van der Waals surface area contributed by atoms with Gasteiger partial charge in [-0.1, -0.05) is 46.6 Å². The van der Waals surface area contributed by atoms with E-state index in [-0.39, 0.29) is 4.75 Å². The molecule has 0 aliphatic heterocycles. The molecular formula is C18H20ClNOS. The maximum atomic E-state index is 5.85. The number of hydrogen-bond acceptors (Lipinski definition) is 3. The van der Waals surface area contributed by atoms with Crippen LogP contribution in [-0.4, -0.2) is 11.0 Å².